The molecule has 0 spiro atoms. The molecule has 0 saturated heterocycles. The van der Waals surface area contributed by atoms with Crippen molar-refractivity contribution in [3.8, 4) is 5.75 Å². The molecule has 9 nitrogen and oxygen atoms in total. The fraction of sp³-hybridized carbons (Fsp3) is 0.500. The smallest absolute Gasteiger partial charge is 0.373 e. The summed E-state index contributed by atoms with van der Waals surface area (Å²) in [6, 6.07) is 14.7. The number of benzene rings is 2. The number of fused-ring (bicyclic) bond motifs is 1. The van der Waals surface area contributed by atoms with E-state index in [2.05, 4.69) is 19.1 Å². The monoisotopic (exact) mass is 553 g/mol. The van der Waals surface area contributed by atoms with Gasteiger partial charge in [-0.3, -0.25) is 14.4 Å². The van der Waals surface area contributed by atoms with Gasteiger partial charge in [0.05, 0.1) is 37.4 Å². The second-order valence-corrected chi connectivity index (χ2v) is 9.61. The van der Waals surface area contributed by atoms with Crippen LogP contribution in [0.4, 0.5) is 5.69 Å². The number of amides is 2. The zero-order valence-electron chi connectivity index (χ0n) is 24.4. The van der Waals surface area contributed by atoms with E-state index in [-0.39, 0.29) is 51.0 Å². The number of carbonyl (C=O) groups excluding carboxylic acids is 3. The zero-order valence-corrected chi connectivity index (χ0v) is 24.4. The Balaban J connectivity index is 0.000000611. The van der Waals surface area contributed by atoms with E-state index in [0.717, 1.165) is 37.1 Å². The maximum atomic E-state index is 13.1. The topological polar surface area (TPSA) is 108 Å². The number of carbonyl (C=O) groups is 3. The van der Waals surface area contributed by atoms with Gasteiger partial charge in [-0.05, 0) is 63.0 Å². The minimum absolute atomic E-state index is 0.0501. The first-order chi connectivity index (χ1) is 19.3. The highest BCUT2D eigenvalue weighted by Gasteiger charge is 2.31. The van der Waals surface area contributed by atoms with E-state index >= 15 is 0 Å². The number of para-hydroxylation sites is 1. The van der Waals surface area contributed by atoms with Crippen molar-refractivity contribution in [2.75, 3.05) is 37.7 Å². The van der Waals surface area contributed by atoms with E-state index in [1.54, 1.807) is 36.8 Å². The molecule has 0 unspecified atom stereocenters. The third kappa shape index (κ3) is 11.0. The molecular weight excluding hydrogens is 509 g/mol. The Labute approximate surface area is 239 Å². The van der Waals surface area contributed by atoms with Crippen molar-refractivity contribution < 1.29 is 28.9 Å². The molecule has 3 rings (SSSR count). The van der Waals surface area contributed by atoms with Crippen LogP contribution >= 0.6 is 0 Å². The second kappa shape index (κ2) is 18.1. The van der Waals surface area contributed by atoms with Gasteiger partial charge in [0, 0.05) is 6.54 Å². The molecule has 0 atom stereocenters. The van der Waals surface area contributed by atoms with Gasteiger partial charge in [-0.1, -0.05) is 51.0 Å². The van der Waals surface area contributed by atoms with Crippen LogP contribution in [0.1, 0.15) is 68.8 Å². The van der Waals surface area contributed by atoms with Crippen molar-refractivity contribution in [2.45, 2.75) is 66.2 Å². The van der Waals surface area contributed by atoms with Gasteiger partial charge in [-0.2, -0.15) is 0 Å². The molecular formula is C30H44BN3O6. The molecule has 218 valence electrons. The maximum Gasteiger partial charge on any atom is 0.373 e. The number of hydrogen-bond donors (Lipinski definition) is 2. The second-order valence-electron chi connectivity index (χ2n) is 9.61. The van der Waals surface area contributed by atoms with Crippen LogP contribution in [0.2, 0.25) is 6.82 Å². The number of esters is 1. The molecule has 2 amide bonds. The SMILES string of the molecule is CCCCNB(C)O.CCCCOc1ccc(CN2C(=O)CN(CCC(=O)OCC)C(=O)c3ccccc32)cc1. The summed E-state index contributed by atoms with van der Waals surface area (Å²) >= 11 is 0. The average Bonchev–Trinajstić information content (AvgIpc) is 3.04. The standard InChI is InChI=1S/C25H30N2O5.C5H14BNO/c1-3-5-16-32-20-12-10-19(11-13-20)17-27-22-9-7-6-8-21(22)25(30)26(18-23(27)28)15-14-24(29)31-4-2;1-3-4-5-7-6(2)8/h6-13H,3-5,14-18H2,1-2H3;7-8H,3-5H2,1-2H3. The van der Waals surface area contributed by atoms with Gasteiger partial charge in [-0.15, -0.1) is 0 Å². The molecule has 0 aromatic heterocycles. The summed E-state index contributed by atoms with van der Waals surface area (Å²) in [5.41, 5.74) is 1.95. The first-order valence-corrected chi connectivity index (χ1v) is 14.3. The highest BCUT2D eigenvalue weighted by Crippen LogP contribution is 2.28. The lowest BCUT2D eigenvalue weighted by atomic mass is 9.89. The van der Waals surface area contributed by atoms with Crippen LogP contribution in [0.25, 0.3) is 0 Å². The molecule has 10 heteroatoms. The fourth-order valence-electron chi connectivity index (χ4n) is 4.02. The number of unbranched alkanes of at least 4 members (excludes halogenated alkanes) is 2. The van der Waals surface area contributed by atoms with Crippen molar-refractivity contribution in [1.82, 2.24) is 10.1 Å². The van der Waals surface area contributed by atoms with Crippen LogP contribution in [0.15, 0.2) is 48.5 Å². The molecule has 1 heterocycles. The Morgan fingerprint density at radius 2 is 1.73 bits per heavy atom. The summed E-state index contributed by atoms with van der Waals surface area (Å²) in [5.74, 6) is -0.0515. The van der Waals surface area contributed by atoms with E-state index in [0.29, 0.717) is 24.4 Å². The lowest BCUT2D eigenvalue weighted by Gasteiger charge is -2.23. The van der Waals surface area contributed by atoms with E-state index in [9.17, 15) is 14.4 Å². The number of anilines is 1. The van der Waals surface area contributed by atoms with Gasteiger partial charge in [0.25, 0.3) is 5.91 Å². The molecule has 2 N–H and O–H groups in total. The predicted octanol–water partition coefficient (Wildman–Crippen LogP) is 4.29. The third-order valence-corrected chi connectivity index (χ3v) is 6.23. The molecule has 0 saturated carbocycles. The molecule has 0 fully saturated rings. The molecule has 40 heavy (non-hydrogen) atoms. The average molecular weight is 554 g/mol. The first kappa shape index (κ1) is 32.8. The fourth-order valence-corrected chi connectivity index (χ4v) is 4.02. The highest BCUT2D eigenvalue weighted by atomic mass is 16.5. The normalized spacial score (nSPS) is 12.7. The molecule has 0 bridgehead atoms. The molecule has 1 aliphatic heterocycles. The van der Waals surface area contributed by atoms with Crippen molar-refractivity contribution in [1.29, 1.82) is 0 Å². The Morgan fingerprint density at radius 3 is 2.38 bits per heavy atom. The number of rotatable bonds is 14. The molecule has 2 aromatic carbocycles. The van der Waals surface area contributed by atoms with Crippen LogP contribution in [0.3, 0.4) is 0 Å². The Kier molecular flexibility index (Phi) is 14.8. The van der Waals surface area contributed by atoms with E-state index in [1.165, 1.54) is 11.3 Å². The Morgan fingerprint density at radius 1 is 1.02 bits per heavy atom. The van der Waals surface area contributed by atoms with Gasteiger partial charge in [-0.25, -0.2) is 0 Å². The Hall–Kier alpha value is -3.37. The summed E-state index contributed by atoms with van der Waals surface area (Å²) < 4.78 is 10.7. The summed E-state index contributed by atoms with van der Waals surface area (Å²) in [6.07, 6.45) is 4.45. The molecule has 2 aromatic rings. The van der Waals surface area contributed by atoms with Gasteiger partial charge >= 0.3 is 13.0 Å². The molecule has 1 aliphatic rings. The number of ether oxygens (including phenoxy) is 2. The summed E-state index contributed by atoms with van der Waals surface area (Å²) in [6.45, 7) is 9.97. The highest BCUT2D eigenvalue weighted by molar-refractivity contribution is 6.45. The summed E-state index contributed by atoms with van der Waals surface area (Å²) in [7, 11) is -0.346. The van der Waals surface area contributed by atoms with Gasteiger partial charge in [0.1, 0.15) is 12.3 Å². The molecule has 0 aliphatic carbocycles. The summed E-state index contributed by atoms with van der Waals surface area (Å²) in [5, 5.41) is 11.6. The van der Waals surface area contributed by atoms with Crippen LogP contribution in [0, 0.1) is 0 Å². The van der Waals surface area contributed by atoms with Gasteiger partial charge in [0.2, 0.25) is 5.91 Å². The number of hydrogen-bond acceptors (Lipinski definition) is 7. The van der Waals surface area contributed by atoms with Gasteiger partial charge in [0.15, 0.2) is 0 Å². The third-order valence-electron chi connectivity index (χ3n) is 6.23. The largest absolute Gasteiger partial charge is 0.494 e. The number of nitrogens with zero attached hydrogens (tertiary/aromatic N) is 2. The van der Waals surface area contributed by atoms with E-state index in [4.69, 9.17) is 14.5 Å². The van der Waals surface area contributed by atoms with Crippen molar-refractivity contribution in [2.24, 2.45) is 0 Å². The summed E-state index contributed by atoms with van der Waals surface area (Å²) in [4.78, 5) is 41.0. The Bertz CT molecular complexity index is 1060. The predicted molar refractivity (Wildman–Crippen MR) is 158 cm³/mol. The quantitative estimate of drug-likeness (QED) is 0.204. The van der Waals surface area contributed by atoms with Crippen LogP contribution in [0.5, 0.6) is 5.75 Å². The van der Waals surface area contributed by atoms with Crippen LogP contribution in [-0.4, -0.2) is 67.6 Å². The van der Waals surface area contributed by atoms with Gasteiger partial charge < -0.3 is 29.5 Å². The van der Waals surface area contributed by atoms with Crippen LogP contribution in [-0.2, 0) is 20.9 Å². The van der Waals surface area contributed by atoms with Crippen molar-refractivity contribution in [3.63, 3.8) is 0 Å². The van der Waals surface area contributed by atoms with E-state index < -0.39 is 0 Å². The first-order valence-electron chi connectivity index (χ1n) is 14.3. The minimum atomic E-state index is -0.386. The minimum Gasteiger partial charge on any atom is -0.494 e. The number of nitrogens with one attached hydrogen (secondary N) is 1. The zero-order chi connectivity index (χ0) is 29.3. The maximum absolute atomic E-state index is 13.1. The van der Waals surface area contributed by atoms with Crippen molar-refractivity contribution >= 4 is 30.5 Å². The lowest BCUT2D eigenvalue weighted by molar-refractivity contribution is -0.143. The van der Waals surface area contributed by atoms with E-state index in [1.807, 2.05) is 30.3 Å². The van der Waals surface area contributed by atoms with Crippen molar-refractivity contribution in [3.05, 3.63) is 59.7 Å². The van der Waals surface area contributed by atoms with Crippen LogP contribution < -0.4 is 14.9 Å². The molecule has 0 radical (unpaired) electrons. The lowest BCUT2D eigenvalue weighted by Crippen LogP contribution is -2.40.